The van der Waals surface area contributed by atoms with Gasteiger partial charge in [0.1, 0.15) is 11.6 Å². The largest absolute Gasteiger partial charge is 0.481 e. The Morgan fingerprint density at radius 2 is 2.07 bits per heavy atom. The van der Waals surface area contributed by atoms with Crippen molar-refractivity contribution >= 4 is 5.97 Å². The maximum Gasteiger partial charge on any atom is 0.303 e. The van der Waals surface area contributed by atoms with E-state index in [9.17, 15) is 4.79 Å². The molecular weight excluding hydrogens is 194 g/mol. The van der Waals surface area contributed by atoms with E-state index in [4.69, 9.17) is 5.11 Å². The molecule has 0 bridgehead atoms. The molecule has 1 rings (SSSR count). The zero-order chi connectivity index (χ0) is 11.6. The van der Waals surface area contributed by atoms with Crippen LogP contribution in [0.5, 0.6) is 0 Å². The van der Waals surface area contributed by atoms with Crippen molar-refractivity contribution in [3.05, 3.63) is 11.6 Å². The summed E-state index contributed by atoms with van der Waals surface area (Å²) in [6, 6.07) is 0. The fourth-order valence-corrected chi connectivity index (χ4v) is 1.50. The van der Waals surface area contributed by atoms with Gasteiger partial charge in [-0.25, -0.2) is 0 Å². The van der Waals surface area contributed by atoms with Gasteiger partial charge < -0.3 is 9.67 Å². The lowest BCUT2D eigenvalue weighted by Crippen LogP contribution is -2.21. The van der Waals surface area contributed by atoms with Crippen molar-refractivity contribution in [1.29, 1.82) is 0 Å². The second-order valence-electron chi connectivity index (χ2n) is 4.63. The van der Waals surface area contributed by atoms with E-state index in [1.165, 1.54) is 0 Å². The molecule has 5 nitrogen and oxygen atoms in total. The number of aryl methyl sites for hydroxylation is 1. The van der Waals surface area contributed by atoms with Crippen LogP contribution in [0.1, 0.15) is 31.9 Å². The highest BCUT2D eigenvalue weighted by atomic mass is 16.4. The summed E-state index contributed by atoms with van der Waals surface area (Å²) in [4.78, 5) is 10.7. The number of aliphatic carboxylic acids is 1. The van der Waals surface area contributed by atoms with Crippen LogP contribution in [0, 0.1) is 12.3 Å². The van der Waals surface area contributed by atoms with Gasteiger partial charge in [-0.15, -0.1) is 10.2 Å². The summed E-state index contributed by atoms with van der Waals surface area (Å²) in [6.07, 6.45) is 0.759. The monoisotopic (exact) mass is 211 g/mol. The van der Waals surface area contributed by atoms with E-state index in [0.29, 0.717) is 6.42 Å². The predicted molar refractivity (Wildman–Crippen MR) is 55.5 cm³/mol. The minimum atomic E-state index is -0.779. The molecule has 5 heteroatoms. The van der Waals surface area contributed by atoms with Crippen molar-refractivity contribution in [2.24, 2.45) is 12.5 Å². The maximum atomic E-state index is 10.7. The first-order chi connectivity index (χ1) is 6.82. The molecule has 0 aliphatic rings. The number of rotatable bonds is 4. The molecule has 1 aromatic rings. The van der Waals surface area contributed by atoms with Crippen LogP contribution >= 0.6 is 0 Å². The van der Waals surface area contributed by atoms with Crippen molar-refractivity contribution in [2.45, 2.75) is 33.6 Å². The number of carboxylic acids is 1. The van der Waals surface area contributed by atoms with E-state index in [0.717, 1.165) is 11.6 Å². The van der Waals surface area contributed by atoms with E-state index in [1.54, 1.807) is 0 Å². The van der Waals surface area contributed by atoms with Gasteiger partial charge in [-0.3, -0.25) is 4.79 Å². The average Bonchev–Trinajstić information content (AvgIpc) is 2.33. The zero-order valence-corrected chi connectivity index (χ0v) is 9.61. The second-order valence-corrected chi connectivity index (χ2v) is 4.63. The predicted octanol–water partition coefficient (Wildman–Crippen LogP) is 1.17. The molecule has 0 radical (unpaired) electrons. The lowest BCUT2D eigenvalue weighted by atomic mass is 9.85. The molecule has 15 heavy (non-hydrogen) atoms. The maximum absolute atomic E-state index is 10.7. The van der Waals surface area contributed by atoms with Crippen LogP contribution in [0.2, 0.25) is 0 Å². The number of hydrogen-bond donors (Lipinski definition) is 1. The second kappa shape index (κ2) is 4.00. The van der Waals surface area contributed by atoms with Crippen LogP contribution in [0.15, 0.2) is 0 Å². The first-order valence-corrected chi connectivity index (χ1v) is 4.88. The standard InChI is InChI=1S/C10H17N3O2/c1-7-11-12-8(13(7)4)5-10(2,3)6-9(14)15/h5-6H2,1-4H3,(H,14,15). The highest BCUT2D eigenvalue weighted by molar-refractivity contribution is 5.67. The molecule has 0 aliphatic carbocycles. The molecule has 0 aromatic carbocycles. The van der Waals surface area contributed by atoms with Crippen LogP contribution in [0.4, 0.5) is 0 Å². The molecule has 0 saturated heterocycles. The summed E-state index contributed by atoms with van der Waals surface area (Å²) >= 11 is 0. The Balaban J connectivity index is 2.77. The summed E-state index contributed by atoms with van der Waals surface area (Å²) in [7, 11) is 1.89. The van der Waals surface area contributed by atoms with Gasteiger partial charge >= 0.3 is 5.97 Å². The SMILES string of the molecule is Cc1nnc(CC(C)(C)CC(=O)O)n1C. The first-order valence-electron chi connectivity index (χ1n) is 4.88. The molecule has 1 N–H and O–H groups in total. The fraction of sp³-hybridized carbons (Fsp3) is 0.700. The Morgan fingerprint density at radius 3 is 2.47 bits per heavy atom. The molecule has 0 atom stereocenters. The Kier molecular flexibility index (Phi) is 3.12. The number of carbonyl (C=O) groups is 1. The molecule has 84 valence electrons. The highest BCUT2D eigenvalue weighted by Gasteiger charge is 2.24. The Morgan fingerprint density at radius 1 is 1.47 bits per heavy atom. The van der Waals surface area contributed by atoms with Crippen molar-refractivity contribution in [3.63, 3.8) is 0 Å². The van der Waals surface area contributed by atoms with Gasteiger partial charge in [-0.1, -0.05) is 13.8 Å². The van der Waals surface area contributed by atoms with E-state index in [-0.39, 0.29) is 11.8 Å². The molecule has 0 saturated carbocycles. The lowest BCUT2D eigenvalue weighted by Gasteiger charge is -2.21. The van der Waals surface area contributed by atoms with Crippen molar-refractivity contribution in [1.82, 2.24) is 14.8 Å². The van der Waals surface area contributed by atoms with Gasteiger partial charge in [0.05, 0.1) is 6.42 Å². The van der Waals surface area contributed by atoms with Gasteiger partial charge in [0.2, 0.25) is 0 Å². The van der Waals surface area contributed by atoms with Crippen LogP contribution < -0.4 is 0 Å². The molecule has 0 spiro atoms. The molecular formula is C10H17N3O2. The Labute approximate surface area is 89.1 Å². The summed E-state index contributed by atoms with van der Waals surface area (Å²) in [6.45, 7) is 5.72. The van der Waals surface area contributed by atoms with Gasteiger partial charge in [0.15, 0.2) is 0 Å². The third-order valence-corrected chi connectivity index (χ3v) is 2.45. The van der Waals surface area contributed by atoms with Gasteiger partial charge in [-0.2, -0.15) is 0 Å². The molecule has 0 fully saturated rings. The topological polar surface area (TPSA) is 68.0 Å². The van der Waals surface area contributed by atoms with Crippen LogP contribution in [0.3, 0.4) is 0 Å². The summed E-state index contributed by atoms with van der Waals surface area (Å²) in [5.41, 5.74) is -0.293. The molecule has 1 heterocycles. The third-order valence-electron chi connectivity index (χ3n) is 2.45. The summed E-state index contributed by atoms with van der Waals surface area (Å²) in [5, 5.41) is 16.7. The zero-order valence-electron chi connectivity index (χ0n) is 9.61. The van der Waals surface area contributed by atoms with E-state index < -0.39 is 5.97 Å². The van der Waals surface area contributed by atoms with E-state index in [2.05, 4.69) is 10.2 Å². The highest BCUT2D eigenvalue weighted by Crippen LogP contribution is 2.24. The summed E-state index contributed by atoms with van der Waals surface area (Å²) < 4.78 is 1.89. The number of carboxylic acid groups (broad SMARTS) is 1. The third kappa shape index (κ3) is 3.04. The molecule has 0 aliphatic heterocycles. The van der Waals surface area contributed by atoms with E-state index in [1.807, 2.05) is 32.4 Å². The molecule has 1 aromatic heterocycles. The van der Waals surface area contributed by atoms with Crippen molar-refractivity contribution in [3.8, 4) is 0 Å². The molecule has 0 unspecified atom stereocenters. The quantitative estimate of drug-likeness (QED) is 0.811. The Bertz CT molecular complexity index is 369. The summed E-state index contributed by atoms with van der Waals surface area (Å²) in [5.74, 6) is 0.897. The van der Waals surface area contributed by atoms with Crippen molar-refractivity contribution in [2.75, 3.05) is 0 Å². The minimum Gasteiger partial charge on any atom is -0.481 e. The van der Waals surface area contributed by atoms with Crippen molar-refractivity contribution < 1.29 is 9.90 Å². The average molecular weight is 211 g/mol. The van der Waals surface area contributed by atoms with Gasteiger partial charge in [-0.05, 0) is 12.3 Å². The number of hydrogen-bond acceptors (Lipinski definition) is 3. The fourth-order valence-electron chi connectivity index (χ4n) is 1.50. The van der Waals surface area contributed by atoms with E-state index >= 15 is 0 Å². The van der Waals surface area contributed by atoms with Crippen LogP contribution in [0.25, 0.3) is 0 Å². The first kappa shape index (κ1) is 11.7. The lowest BCUT2D eigenvalue weighted by molar-refractivity contribution is -0.139. The smallest absolute Gasteiger partial charge is 0.303 e. The van der Waals surface area contributed by atoms with Gasteiger partial charge in [0.25, 0.3) is 0 Å². The minimum absolute atomic E-state index is 0.138. The number of nitrogens with zero attached hydrogens (tertiary/aromatic N) is 3. The molecule has 0 amide bonds. The van der Waals surface area contributed by atoms with Gasteiger partial charge in [0, 0.05) is 13.5 Å². The normalized spacial score (nSPS) is 11.7. The number of aromatic nitrogens is 3. The van der Waals surface area contributed by atoms with Crippen LogP contribution in [-0.2, 0) is 18.3 Å². The Hall–Kier alpha value is -1.39. The van der Waals surface area contributed by atoms with Crippen LogP contribution in [-0.4, -0.2) is 25.8 Å².